The van der Waals surface area contributed by atoms with E-state index in [4.69, 9.17) is 0 Å². The van der Waals surface area contributed by atoms with Crippen molar-refractivity contribution in [2.24, 2.45) is 0 Å². The first-order valence-corrected chi connectivity index (χ1v) is 7.48. The van der Waals surface area contributed by atoms with Crippen LogP contribution >= 0.6 is 27.7 Å². The van der Waals surface area contributed by atoms with Gasteiger partial charge in [0.1, 0.15) is 0 Å². The number of rotatable bonds is 4. The summed E-state index contributed by atoms with van der Waals surface area (Å²) in [5.74, 6) is 0. The van der Waals surface area contributed by atoms with Gasteiger partial charge in [-0.1, -0.05) is 52.0 Å². The Balaban J connectivity index is 2.33. The van der Waals surface area contributed by atoms with Gasteiger partial charge in [0.2, 0.25) is 0 Å². The average Bonchev–Trinajstić information content (AvgIpc) is 2.36. The van der Waals surface area contributed by atoms with E-state index in [0.717, 1.165) is 11.0 Å². The van der Waals surface area contributed by atoms with Crippen LogP contribution < -0.4 is 5.32 Å². The summed E-state index contributed by atoms with van der Waals surface area (Å²) in [5, 5.41) is 3.22. The zero-order valence-electron chi connectivity index (χ0n) is 10.5. The highest BCUT2D eigenvalue weighted by atomic mass is 79.9. The molecule has 0 aromatic heterocycles. The second-order valence-corrected chi connectivity index (χ2v) is 6.15. The van der Waals surface area contributed by atoms with Crippen LogP contribution in [0.5, 0.6) is 0 Å². The lowest BCUT2D eigenvalue weighted by molar-refractivity contribution is 0.803. The van der Waals surface area contributed by atoms with E-state index in [9.17, 15) is 0 Å². The van der Waals surface area contributed by atoms with Crippen LogP contribution in [0.15, 0.2) is 56.7 Å². The topological polar surface area (TPSA) is 12.0 Å². The molecule has 0 aliphatic heterocycles. The third-order valence-electron chi connectivity index (χ3n) is 2.71. The van der Waals surface area contributed by atoms with Gasteiger partial charge in [-0.15, -0.1) is 0 Å². The molecule has 3 heteroatoms. The summed E-state index contributed by atoms with van der Waals surface area (Å²) in [6.45, 7) is 3.04. The maximum Gasteiger partial charge on any atom is 0.0213 e. The summed E-state index contributed by atoms with van der Waals surface area (Å²) in [6.07, 6.45) is 0. The van der Waals surface area contributed by atoms with Gasteiger partial charge in [0.15, 0.2) is 0 Å². The molecule has 0 spiro atoms. The number of halogens is 1. The second-order valence-electron chi connectivity index (χ2n) is 4.15. The standard InChI is InChI=1S/C15H16BrNS/c1-11-5-3-4-6-14(11)18-15-9-13(16)8-7-12(15)10-17-2/h3-9,17H,10H2,1-2H3. The second kappa shape index (κ2) is 6.41. The van der Waals surface area contributed by atoms with Crippen LogP contribution in [0.2, 0.25) is 0 Å². The number of aryl methyl sites for hydroxylation is 1. The van der Waals surface area contributed by atoms with Crippen molar-refractivity contribution in [3.63, 3.8) is 0 Å². The van der Waals surface area contributed by atoms with Crippen LogP contribution in [-0.2, 0) is 6.54 Å². The largest absolute Gasteiger partial charge is 0.316 e. The first-order chi connectivity index (χ1) is 8.70. The molecular weight excluding hydrogens is 306 g/mol. The zero-order valence-corrected chi connectivity index (χ0v) is 12.9. The Morgan fingerprint density at radius 2 is 1.89 bits per heavy atom. The number of benzene rings is 2. The van der Waals surface area contributed by atoms with Crippen molar-refractivity contribution in [3.8, 4) is 0 Å². The van der Waals surface area contributed by atoms with Crippen molar-refractivity contribution in [2.45, 2.75) is 23.3 Å². The zero-order chi connectivity index (χ0) is 13.0. The van der Waals surface area contributed by atoms with Gasteiger partial charge in [-0.3, -0.25) is 0 Å². The smallest absolute Gasteiger partial charge is 0.0213 e. The lowest BCUT2D eigenvalue weighted by Crippen LogP contribution is -2.06. The molecule has 2 aromatic rings. The molecule has 0 radical (unpaired) electrons. The number of hydrogen-bond donors (Lipinski definition) is 1. The first kappa shape index (κ1) is 13.7. The van der Waals surface area contributed by atoms with Gasteiger partial charge in [-0.25, -0.2) is 0 Å². The SMILES string of the molecule is CNCc1ccc(Br)cc1Sc1ccccc1C. The van der Waals surface area contributed by atoms with E-state index in [-0.39, 0.29) is 0 Å². The third kappa shape index (κ3) is 3.37. The van der Waals surface area contributed by atoms with Crippen LogP contribution in [0.25, 0.3) is 0 Å². The summed E-state index contributed by atoms with van der Waals surface area (Å²) < 4.78 is 1.12. The van der Waals surface area contributed by atoms with Crippen molar-refractivity contribution in [1.82, 2.24) is 5.32 Å². The Hall–Kier alpha value is -0.770. The number of nitrogens with one attached hydrogen (secondary N) is 1. The molecule has 0 saturated carbocycles. The molecule has 0 aliphatic rings. The van der Waals surface area contributed by atoms with Crippen molar-refractivity contribution >= 4 is 27.7 Å². The van der Waals surface area contributed by atoms with Crippen LogP contribution in [0.1, 0.15) is 11.1 Å². The lowest BCUT2D eigenvalue weighted by Gasteiger charge is -2.11. The van der Waals surface area contributed by atoms with E-state index in [1.807, 2.05) is 18.8 Å². The van der Waals surface area contributed by atoms with E-state index in [1.165, 1.54) is 20.9 Å². The predicted octanol–water partition coefficient (Wildman–Crippen LogP) is 4.63. The summed E-state index contributed by atoms with van der Waals surface area (Å²) in [7, 11) is 1.98. The summed E-state index contributed by atoms with van der Waals surface area (Å²) in [6, 6.07) is 14.9. The highest BCUT2D eigenvalue weighted by Gasteiger charge is 2.06. The van der Waals surface area contributed by atoms with Gasteiger partial charge in [0.25, 0.3) is 0 Å². The molecule has 2 aromatic carbocycles. The summed E-state index contributed by atoms with van der Waals surface area (Å²) >= 11 is 5.37. The molecule has 0 saturated heterocycles. The molecular formula is C15H16BrNS. The normalized spacial score (nSPS) is 10.6. The Labute approximate surface area is 121 Å². The monoisotopic (exact) mass is 321 g/mol. The maximum atomic E-state index is 3.55. The molecule has 94 valence electrons. The fourth-order valence-corrected chi connectivity index (χ4v) is 3.33. The summed E-state index contributed by atoms with van der Waals surface area (Å²) in [4.78, 5) is 2.61. The van der Waals surface area contributed by atoms with Gasteiger partial charge in [-0.2, -0.15) is 0 Å². The Kier molecular flexibility index (Phi) is 4.87. The van der Waals surface area contributed by atoms with Crippen molar-refractivity contribution in [2.75, 3.05) is 7.05 Å². The molecule has 0 atom stereocenters. The molecule has 1 N–H and O–H groups in total. The molecule has 0 fully saturated rings. The van der Waals surface area contributed by atoms with Gasteiger partial charge in [0.05, 0.1) is 0 Å². The minimum atomic E-state index is 0.890. The van der Waals surface area contributed by atoms with E-state index >= 15 is 0 Å². The number of hydrogen-bond acceptors (Lipinski definition) is 2. The first-order valence-electron chi connectivity index (χ1n) is 5.87. The predicted molar refractivity (Wildman–Crippen MR) is 82.2 cm³/mol. The Morgan fingerprint density at radius 3 is 2.61 bits per heavy atom. The highest BCUT2D eigenvalue weighted by Crippen LogP contribution is 2.34. The third-order valence-corrected chi connectivity index (χ3v) is 4.48. The minimum absolute atomic E-state index is 0.890. The van der Waals surface area contributed by atoms with Crippen LogP contribution in [0.4, 0.5) is 0 Å². The molecule has 0 heterocycles. The van der Waals surface area contributed by atoms with Gasteiger partial charge < -0.3 is 5.32 Å². The van der Waals surface area contributed by atoms with Gasteiger partial charge >= 0.3 is 0 Å². The Morgan fingerprint density at radius 1 is 1.11 bits per heavy atom. The van der Waals surface area contributed by atoms with E-state index < -0.39 is 0 Å². The van der Waals surface area contributed by atoms with Crippen molar-refractivity contribution < 1.29 is 0 Å². The molecule has 18 heavy (non-hydrogen) atoms. The van der Waals surface area contributed by atoms with Gasteiger partial charge in [-0.05, 0) is 43.3 Å². The highest BCUT2D eigenvalue weighted by molar-refractivity contribution is 9.10. The quantitative estimate of drug-likeness (QED) is 0.881. The molecule has 0 unspecified atom stereocenters. The molecule has 0 amide bonds. The van der Waals surface area contributed by atoms with Crippen molar-refractivity contribution in [1.29, 1.82) is 0 Å². The summed E-state index contributed by atoms with van der Waals surface area (Å²) in [5.41, 5.74) is 2.65. The Bertz CT molecular complexity index is 540. The van der Waals surface area contributed by atoms with E-state index in [1.54, 1.807) is 0 Å². The fourth-order valence-electron chi connectivity index (χ4n) is 1.75. The maximum absolute atomic E-state index is 3.55. The van der Waals surface area contributed by atoms with Crippen LogP contribution in [-0.4, -0.2) is 7.05 Å². The molecule has 2 rings (SSSR count). The molecule has 0 bridgehead atoms. The van der Waals surface area contributed by atoms with Crippen LogP contribution in [0.3, 0.4) is 0 Å². The van der Waals surface area contributed by atoms with E-state index in [2.05, 4.69) is 70.6 Å². The average molecular weight is 322 g/mol. The van der Waals surface area contributed by atoms with Crippen molar-refractivity contribution in [3.05, 3.63) is 58.1 Å². The van der Waals surface area contributed by atoms with Gasteiger partial charge in [0, 0.05) is 20.8 Å². The molecule has 1 nitrogen and oxygen atoms in total. The fraction of sp³-hybridized carbons (Fsp3) is 0.200. The van der Waals surface area contributed by atoms with E-state index in [0.29, 0.717) is 0 Å². The molecule has 0 aliphatic carbocycles. The van der Waals surface area contributed by atoms with Crippen LogP contribution in [0, 0.1) is 6.92 Å². The lowest BCUT2D eigenvalue weighted by atomic mass is 10.2. The minimum Gasteiger partial charge on any atom is -0.316 e.